The number of anilines is 1. The fourth-order valence-corrected chi connectivity index (χ4v) is 3.39. The lowest BCUT2D eigenvalue weighted by Gasteiger charge is -2.15. The lowest BCUT2D eigenvalue weighted by atomic mass is 10.1. The summed E-state index contributed by atoms with van der Waals surface area (Å²) in [5.41, 5.74) is 2.53. The summed E-state index contributed by atoms with van der Waals surface area (Å²) >= 11 is 3.53. The fourth-order valence-electron chi connectivity index (χ4n) is 2.90. The van der Waals surface area contributed by atoms with E-state index in [-0.39, 0.29) is 5.84 Å². The third kappa shape index (κ3) is 7.37. The van der Waals surface area contributed by atoms with Crippen molar-refractivity contribution in [3.05, 3.63) is 88.4 Å². The molecule has 0 atom stereocenters. The van der Waals surface area contributed by atoms with Crippen LogP contribution < -0.4 is 14.8 Å². The van der Waals surface area contributed by atoms with Crippen LogP contribution in [-0.2, 0) is 16.1 Å². The highest BCUT2D eigenvalue weighted by molar-refractivity contribution is 9.10. The van der Waals surface area contributed by atoms with Gasteiger partial charge in [0.2, 0.25) is 0 Å². The molecule has 2 N–H and O–H groups in total. The van der Waals surface area contributed by atoms with Gasteiger partial charge in [-0.25, -0.2) is 0 Å². The molecule has 7 heteroatoms. The predicted octanol–water partition coefficient (Wildman–Crippen LogP) is 5.51. The van der Waals surface area contributed by atoms with E-state index in [0.29, 0.717) is 50.1 Å². The first-order valence-electron chi connectivity index (χ1n) is 10.3. The van der Waals surface area contributed by atoms with Crippen molar-refractivity contribution in [3.8, 4) is 11.5 Å². The molecule has 0 saturated carbocycles. The highest BCUT2D eigenvalue weighted by Crippen LogP contribution is 2.29. The van der Waals surface area contributed by atoms with Crippen LogP contribution in [0.2, 0.25) is 0 Å². The third-order valence-corrected chi connectivity index (χ3v) is 5.13. The lowest BCUT2D eigenvalue weighted by Crippen LogP contribution is -2.14. The van der Waals surface area contributed by atoms with Crippen molar-refractivity contribution in [3.63, 3.8) is 0 Å². The van der Waals surface area contributed by atoms with E-state index in [0.717, 1.165) is 15.7 Å². The van der Waals surface area contributed by atoms with Gasteiger partial charge in [0.05, 0.1) is 29.9 Å². The number of hydrogen-bond donors (Lipinski definition) is 2. The zero-order valence-electron chi connectivity index (χ0n) is 18.0. The normalized spacial score (nSPS) is 10.6. The molecule has 0 saturated heterocycles. The van der Waals surface area contributed by atoms with Gasteiger partial charge in [-0.05, 0) is 51.8 Å². The van der Waals surface area contributed by atoms with Crippen LogP contribution in [-0.4, -0.2) is 39.4 Å². The molecule has 3 aromatic carbocycles. The monoisotopic (exact) mass is 498 g/mol. The first-order valence-corrected chi connectivity index (χ1v) is 11.1. The lowest BCUT2D eigenvalue weighted by molar-refractivity contribution is 0.0543. The molecule has 3 rings (SSSR count). The standard InChI is InChI=1S/C25H27BrN2O4/c1-29-13-14-30-15-16-31-24-12-11-20(17-22(24)26)28-25(27)21-9-5-6-10-23(21)32-18-19-7-3-2-4-8-19/h2-12,17H,13-16,18H2,1H3,(H2,27,28). The second-order valence-electron chi connectivity index (χ2n) is 6.87. The Morgan fingerprint density at radius 2 is 1.59 bits per heavy atom. The highest BCUT2D eigenvalue weighted by atomic mass is 79.9. The number of rotatable bonds is 12. The Morgan fingerprint density at radius 1 is 0.844 bits per heavy atom. The van der Waals surface area contributed by atoms with Crippen molar-refractivity contribution in [1.82, 2.24) is 0 Å². The first kappa shape index (κ1) is 23.8. The van der Waals surface area contributed by atoms with Gasteiger partial charge in [0.1, 0.15) is 30.5 Å². The van der Waals surface area contributed by atoms with Crippen LogP contribution in [0.5, 0.6) is 11.5 Å². The summed E-state index contributed by atoms with van der Waals surface area (Å²) in [4.78, 5) is 0. The molecule has 6 nitrogen and oxygen atoms in total. The second kappa shape index (κ2) is 12.9. The molecule has 0 aliphatic carbocycles. The van der Waals surface area contributed by atoms with Crippen molar-refractivity contribution in [1.29, 1.82) is 5.41 Å². The Balaban J connectivity index is 1.57. The van der Waals surface area contributed by atoms with E-state index in [2.05, 4.69) is 21.2 Å². The second-order valence-corrected chi connectivity index (χ2v) is 7.72. The van der Waals surface area contributed by atoms with Crippen LogP contribution in [0.3, 0.4) is 0 Å². The quantitative estimate of drug-likeness (QED) is 0.195. The number of para-hydroxylation sites is 1. The fraction of sp³-hybridized carbons (Fsp3) is 0.240. The molecule has 0 aliphatic rings. The number of methoxy groups -OCH3 is 1. The molecule has 0 heterocycles. The first-order chi connectivity index (χ1) is 15.7. The smallest absolute Gasteiger partial charge is 0.133 e. The van der Waals surface area contributed by atoms with Crippen LogP contribution in [0.15, 0.2) is 77.3 Å². The topological polar surface area (TPSA) is 72.8 Å². The van der Waals surface area contributed by atoms with Crippen LogP contribution in [0.1, 0.15) is 11.1 Å². The summed E-state index contributed by atoms with van der Waals surface area (Å²) in [5, 5.41) is 11.7. The minimum atomic E-state index is 0.251. The molecule has 0 fully saturated rings. The van der Waals surface area contributed by atoms with Gasteiger partial charge in [-0.2, -0.15) is 0 Å². The van der Waals surface area contributed by atoms with Crippen LogP contribution in [0.4, 0.5) is 5.69 Å². The SMILES string of the molecule is COCCOCCOc1ccc(NC(=N)c2ccccc2OCc2ccccc2)cc1Br. The molecule has 0 spiro atoms. The van der Waals surface area contributed by atoms with E-state index in [1.54, 1.807) is 7.11 Å². The van der Waals surface area contributed by atoms with E-state index in [9.17, 15) is 0 Å². The molecule has 168 valence electrons. The predicted molar refractivity (Wildman–Crippen MR) is 130 cm³/mol. The van der Waals surface area contributed by atoms with E-state index in [1.807, 2.05) is 72.8 Å². The van der Waals surface area contributed by atoms with E-state index < -0.39 is 0 Å². The van der Waals surface area contributed by atoms with Gasteiger partial charge >= 0.3 is 0 Å². The Labute approximate surface area is 197 Å². The molecular weight excluding hydrogens is 472 g/mol. The average molecular weight is 499 g/mol. The number of benzene rings is 3. The summed E-state index contributed by atoms with van der Waals surface area (Å²) in [5.74, 6) is 1.62. The number of amidine groups is 1. The van der Waals surface area contributed by atoms with Gasteiger partial charge in [-0.1, -0.05) is 42.5 Å². The minimum absolute atomic E-state index is 0.251. The molecule has 0 aliphatic heterocycles. The molecule has 0 bridgehead atoms. The molecule has 32 heavy (non-hydrogen) atoms. The van der Waals surface area contributed by atoms with Crippen molar-refractivity contribution in [2.24, 2.45) is 0 Å². The van der Waals surface area contributed by atoms with Crippen LogP contribution in [0, 0.1) is 5.41 Å². The molecule has 0 unspecified atom stereocenters. The van der Waals surface area contributed by atoms with Crippen LogP contribution >= 0.6 is 15.9 Å². The third-order valence-electron chi connectivity index (χ3n) is 4.51. The summed E-state index contributed by atoms with van der Waals surface area (Å²) in [6.45, 7) is 2.48. The van der Waals surface area contributed by atoms with E-state index in [4.69, 9.17) is 24.4 Å². The van der Waals surface area contributed by atoms with Crippen molar-refractivity contribution in [2.75, 3.05) is 38.9 Å². The van der Waals surface area contributed by atoms with Crippen molar-refractivity contribution < 1.29 is 18.9 Å². The summed E-state index contributed by atoms with van der Waals surface area (Å²) in [6, 6.07) is 23.1. The molecule has 0 amide bonds. The summed E-state index contributed by atoms with van der Waals surface area (Å²) in [6.07, 6.45) is 0. The van der Waals surface area contributed by atoms with Crippen molar-refractivity contribution in [2.45, 2.75) is 6.61 Å². The molecule has 3 aromatic rings. The zero-order chi connectivity index (χ0) is 22.6. The van der Waals surface area contributed by atoms with Gasteiger partial charge in [-0.3, -0.25) is 5.41 Å². The molecule has 0 aromatic heterocycles. The maximum absolute atomic E-state index is 8.54. The van der Waals surface area contributed by atoms with Gasteiger partial charge < -0.3 is 24.3 Å². The highest BCUT2D eigenvalue weighted by Gasteiger charge is 2.11. The summed E-state index contributed by atoms with van der Waals surface area (Å²) < 4.78 is 22.8. The molecule has 0 radical (unpaired) electrons. The Hall–Kier alpha value is -2.87. The Morgan fingerprint density at radius 3 is 2.38 bits per heavy atom. The van der Waals surface area contributed by atoms with Gasteiger partial charge in [-0.15, -0.1) is 0 Å². The largest absolute Gasteiger partial charge is 0.490 e. The zero-order valence-corrected chi connectivity index (χ0v) is 19.6. The number of hydrogen-bond acceptors (Lipinski definition) is 5. The minimum Gasteiger partial charge on any atom is -0.490 e. The summed E-state index contributed by atoms with van der Waals surface area (Å²) in [7, 11) is 1.64. The van der Waals surface area contributed by atoms with Gasteiger partial charge in [0, 0.05) is 12.8 Å². The van der Waals surface area contributed by atoms with E-state index >= 15 is 0 Å². The van der Waals surface area contributed by atoms with Gasteiger partial charge in [0.15, 0.2) is 0 Å². The number of halogens is 1. The van der Waals surface area contributed by atoms with Crippen LogP contribution in [0.25, 0.3) is 0 Å². The maximum Gasteiger partial charge on any atom is 0.133 e. The van der Waals surface area contributed by atoms with E-state index in [1.165, 1.54) is 0 Å². The Kier molecular flexibility index (Phi) is 9.56. The van der Waals surface area contributed by atoms with Gasteiger partial charge in [0.25, 0.3) is 0 Å². The van der Waals surface area contributed by atoms with Crippen molar-refractivity contribution >= 4 is 27.5 Å². The maximum atomic E-state index is 8.54. The average Bonchev–Trinajstić information content (AvgIpc) is 2.82. The molecular formula is C25H27BrN2O4. The number of ether oxygens (including phenoxy) is 4. The number of nitrogens with one attached hydrogen (secondary N) is 2. The Bertz CT molecular complexity index is 998.